The molecule has 12 rings (SSSR count). The quantitative estimate of drug-likeness (QED) is 0.164. The summed E-state index contributed by atoms with van der Waals surface area (Å²) in [6.45, 7) is 4.78. The number of para-hydroxylation sites is 1. The summed E-state index contributed by atoms with van der Waals surface area (Å²) in [6.07, 6.45) is 0. The van der Waals surface area contributed by atoms with Gasteiger partial charge in [0.05, 0.1) is 0 Å². The predicted molar refractivity (Wildman–Crippen MR) is 246 cm³/mol. The Labute approximate surface area is 337 Å². The Bertz CT molecular complexity index is 3430. The van der Waals surface area contributed by atoms with Gasteiger partial charge in [0.25, 0.3) is 0 Å². The first kappa shape index (κ1) is 33.0. The van der Waals surface area contributed by atoms with Gasteiger partial charge in [0.1, 0.15) is 11.2 Å². The highest BCUT2D eigenvalue weighted by Gasteiger charge is 2.38. The minimum atomic E-state index is -0.115. The maximum Gasteiger partial charge on any atom is 0.135 e. The van der Waals surface area contributed by atoms with Crippen LogP contribution in [0.4, 0.5) is 0 Å². The van der Waals surface area contributed by atoms with Crippen molar-refractivity contribution in [1.29, 1.82) is 0 Å². The summed E-state index contributed by atoms with van der Waals surface area (Å²) in [5.41, 5.74) is 17.1. The van der Waals surface area contributed by atoms with E-state index in [2.05, 4.69) is 196 Å². The van der Waals surface area contributed by atoms with Crippen molar-refractivity contribution >= 4 is 54.3 Å². The van der Waals surface area contributed by atoms with Gasteiger partial charge in [0.2, 0.25) is 0 Å². The van der Waals surface area contributed by atoms with Crippen LogP contribution in [-0.2, 0) is 5.41 Å². The zero-order chi connectivity index (χ0) is 38.5. The summed E-state index contributed by atoms with van der Waals surface area (Å²) in [5.74, 6) is 0. The zero-order valence-electron chi connectivity index (χ0n) is 32.4. The van der Waals surface area contributed by atoms with Crippen LogP contribution in [0.3, 0.4) is 0 Å². The summed E-state index contributed by atoms with van der Waals surface area (Å²) in [6, 6.07) is 71.4. The molecular formula is C57H38O. The van der Waals surface area contributed by atoms with E-state index in [1.54, 1.807) is 0 Å². The Morgan fingerprint density at radius 2 is 0.897 bits per heavy atom. The third-order valence-electron chi connectivity index (χ3n) is 12.8. The summed E-state index contributed by atoms with van der Waals surface area (Å²) in [4.78, 5) is 0. The van der Waals surface area contributed by atoms with E-state index in [-0.39, 0.29) is 5.41 Å². The third kappa shape index (κ3) is 4.71. The molecule has 0 unspecified atom stereocenters. The molecule has 11 aromatic rings. The molecule has 0 fully saturated rings. The van der Waals surface area contributed by atoms with Crippen LogP contribution in [0.15, 0.2) is 199 Å². The number of fused-ring (bicyclic) bond motifs is 10. The van der Waals surface area contributed by atoms with E-state index < -0.39 is 0 Å². The second-order valence-electron chi connectivity index (χ2n) is 16.3. The summed E-state index contributed by atoms with van der Waals surface area (Å²) in [7, 11) is 0. The molecular weight excluding hydrogens is 701 g/mol. The van der Waals surface area contributed by atoms with Crippen LogP contribution in [0.5, 0.6) is 0 Å². The molecule has 1 aliphatic carbocycles. The second-order valence-corrected chi connectivity index (χ2v) is 16.3. The van der Waals surface area contributed by atoms with Gasteiger partial charge in [0.15, 0.2) is 0 Å². The lowest BCUT2D eigenvalue weighted by molar-refractivity contribution is 0.666. The lowest BCUT2D eigenvalue weighted by Gasteiger charge is -2.23. The number of hydrogen-bond donors (Lipinski definition) is 0. The van der Waals surface area contributed by atoms with E-state index in [4.69, 9.17) is 4.42 Å². The summed E-state index contributed by atoms with van der Waals surface area (Å²) in [5, 5.41) is 9.89. The first-order chi connectivity index (χ1) is 28.5. The monoisotopic (exact) mass is 738 g/mol. The van der Waals surface area contributed by atoms with Crippen molar-refractivity contribution < 1.29 is 4.42 Å². The molecule has 0 radical (unpaired) electrons. The highest BCUT2D eigenvalue weighted by Crippen LogP contribution is 2.55. The van der Waals surface area contributed by atoms with Gasteiger partial charge in [-0.25, -0.2) is 0 Å². The molecule has 272 valence electrons. The average molecular weight is 739 g/mol. The smallest absolute Gasteiger partial charge is 0.135 e. The number of furan rings is 1. The van der Waals surface area contributed by atoms with Gasteiger partial charge in [0, 0.05) is 16.2 Å². The summed E-state index contributed by atoms with van der Waals surface area (Å²) >= 11 is 0. The van der Waals surface area contributed by atoms with Crippen molar-refractivity contribution in [2.75, 3.05) is 0 Å². The molecule has 0 bridgehead atoms. The molecule has 1 heterocycles. The molecule has 0 aliphatic heterocycles. The Balaban J connectivity index is 1.07. The van der Waals surface area contributed by atoms with Crippen molar-refractivity contribution in [2.45, 2.75) is 19.3 Å². The van der Waals surface area contributed by atoms with Gasteiger partial charge < -0.3 is 4.42 Å². The average Bonchev–Trinajstić information content (AvgIpc) is 3.77. The van der Waals surface area contributed by atoms with Crippen LogP contribution in [0, 0.1) is 0 Å². The van der Waals surface area contributed by atoms with E-state index >= 15 is 0 Å². The Morgan fingerprint density at radius 3 is 1.67 bits per heavy atom. The van der Waals surface area contributed by atoms with E-state index in [9.17, 15) is 0 Å². The number of hydrogen-bond acceptors (Lipinski definition) is 1. The molecule has 0 amide bonds. The maximum atomic E-state index is 6.23. The van der Waals surface area contributed by atoms with E-state index in [0.717, 1.165) is 21.9 Å². The van der Waals surface area contributed by atoms with Crippen LogP contribution in [-0.4, -0.2) is 0 Å². The number of rotatable bonds is 4. The van der Waals surface area contributed by atoms with Crippen molar-refractivity contribution in [3.63, 3.8) is 0 Å². The fraction of sp³-hybridized carbons (Fsp3) is 0.0526. The number of benzene rings is 10. The maximum absolute atomic E-state index is 6.23. The highest BCUT2D eigenvalue weighted by molar-refractivity contribution is 6.23. The second kappa shape index (κ2) is 12.4. The van der Waals surface area contributed by atoms with Crippen molar-refractivity contribution in [3.8, 4) is 55.6 Å². The van der Waals surface area contributed by atoms with Gasteiger partial charge in [-0.3, -0.25) is 0 Å². The fourth-order valence-corrected chi connectivity index (χ4v) is 10.3. The minimum absolute atomic E-state index is 0.115. The van der Waals surface area contributed by atoms with Gasteiger partial charge >= 0.3 is 0 Å². The van der Waals surface area contributed by atoms with Crippen LogP contribution in [0.1, 0.15) is 25.0 Å². The van der Waals surface area contributed by atoms with Crippen LogP contribution in [0.25, 0.3) is 110 Å². The van der Waals surface area contributed by atoms with Crippen molar-refractivity contribution in [2.24, 2.45) is 0 Å². The van der Waals surface area contributed by atoms with Crippen LogP contribution < -0.4 is 0 Å². The molecule has 0 saturated carbocycles. The lowest BCUT2D eigenvalue weighted by atomic mass is 9.80. The van der Waals surface area contributed by atoms with Gasteiger partial charge in [-0.05, 0) is 123 Å². The largest absolute Gasteiger partial charge is 0.456 e. The summed E-state index contributed by atoms with van der Waals surface area (Å²) < 4.78 is 6.23. The normalized spacial score (nSPS) is 13.1. The van der Waals surface area contributed by atoms with Gasteiger partial charge in [-0.1, -0.05) is 184 Å². The van der Waals surface area contributed by atoms with Crippen LogP contribution >= 0.6 is 0 Å². The molecule has 0 atom stereocenters. The molecule has 1 aromatic heterocycles. The molecule has 1 aliphatic rings. The zero-order valence-corrected chi connectivity index (χ0v) is 32.4. The first-order valence-corrected chi connectivity index (χ1v) is 20.3. The van der Waals surface area contributed by atoms with Gasteiger partial charge in [-0.2, -0.15) is 0 Å². The topological polar surface area (TPSA) is 13.1 Å². The molecule has 58 heavy (non-hydrogen) atoms. The van der Waals surface area contributed by atoms with E-state index in [0.29, 0.717) is 0 Å². The highest BCUT2D eigenvalue weighted by atomic mass is 16.3. The Morgan fingerprint density at radius 1 is 0.328 bits per heavy atom. The van der Waals surface area contributed by atoms with Crippen molar-refractivity contribution in [1.82, 2.24) is 0 Å². The molecule has 1 nitrogen and oxygen atoms in total. The van der Waals surface area contributed by atoms with Crippen LogP contribution in [0.2, 0.25) is 0 Å². The lowest BCUT2D eigenvalue weighted by Crippen LogP contribution is -2.15. The Kier molecular flexibility index (Phi) is 7.04. The van der Waals surface area contributed by atoms with E-state index in [1.807, 2.05) is 12.1 Å². The standard InChI is InChI=1S/C57H38O/c1-57(2)50-27-14-26-40(55(50)48-31-29-35-15-3-4-19-41(35)56(48)57)36-16-13-17-38(33-36)53-44-22-7-9-24-46(44)54(47-25-10-8-23-45(47)53)43-21-6-5-18-39(43)37-30-32-52-49(34-37)42-20-11-12-28-51(42)58-52/h3-34H,1-2H3. The van der Waals surface area contributed by atoms with Crippen molar-refractivity contribution in [3.05, 3.63) is 205 Å². The first-order valence-electron chi connectivity index (χ1n) is 20.3. The molecule has 0 N–H and O–H groups in total. The van der Waals surface area contributed by atoms with E-state index in [1.165, 1.54) is 99.1 Å². The SMILES string of the molecule is CC1(C)c2cccc(-c3cccc(-c4c5ccccc5c(-c5ccccc5-c5ccc6oc7ccccc7c6c5)c5ccccc45)c3)c2-c2ccc3ccccc3c21. The third-order valence-corrected chi connectivity index (χ3v) is 12.8. The fourth-order valence-electron chi connectivity index (χ4n) is 10.3. The predicted octanol–water partition coefficient (Wildman–Crippen LogP) is 16.0. The molecule has 0 saturated heterocycles. The molecule has 1 heteroatoms. The Hall–Kier alpha value is -7.22. The molecule has 10 aromatic carbocycles. The molecule has 0 spiro atoms. The minimum Gasteiger partial charge on any atom is -0.456 e. The van der Waals surface area contributed by atoms with Gasteiger partial charge in [-0.15, -0.1) is 0 Å².